The van der Waals surface area contributed by atoms with Crippen LogP contribution in [-0.4, -0.2) is 35.5 Å². The van der Waals surface area contributed by atoms with E-state index in [1.807, 2.05) is 0 Å². The molecule has 0 aromatic heterocycles. The number of nitrogens with zero attached hydrogens (tertiary/aromatic N) is 2. The minimum Gasteiger partial charge on any atom is -0.493 e. The van der Waals surface area contributed by atoms with Gasteiger partial charge < -0.3 is 14.8 Å². The van der Waals surface area contributed by atoms with Crippen molar-refractivity contribution in [3.05, 3.63) is 63.7 Å². The fourth-order valence-electron chi connectivity index (χ4n) is 3.14. The molecule has 1 saturated heterocycles. The quantitative estimate of drug-likeness (QED) is 0.418. The largest absolute Gasteiger partial charge is 0.493 e. The van der Waals surface area contributed by atoms with E-state index in [1.165, 1.54) is 56.5 Å². The monoisotopic (exact) mass is 421 g/mol. The van der Waals surface area contributed by atoms with Gasteiger partial charge in [-0.3, -0.25) is 19.8 Å². The zero-order chi connectivity index (χ0) is 22.1. The number of nitrogens with one attached hydrogen (secondary N) is 1. The number of carbonyl (C=O) groups is 2. The van der Waals surface area contributed by atoms with Crippen LogP contribution in [0.25, 0.3) is 0 Å². The van der Waals surface area contributed by atoms with E-state index in [9.17, 15) is 28.5 Å². The highest BCUT2D eigenvalue weighted by Crippen LogP contribution is 2.33. The molecule has 1 unspecified atom stereocenters. The Balaban J connectivity index is 1.83. The van der Waals surface area contributed by atoms with Gasteiger partial charge in [-0.25, -0.2) is 4.79 Å². The summed E-state index contributed by atoms with van der Waals surface area (Å²) < 4.78 is 34.3. The Morgan fingerprint density at radius 1 is 1.17 bits per heavy atom. The first-order valence-corrected chi connectivity index (χ1v) is 8.66. The lowest BCUT2D eigenvalue weighted by Gasteiger charge is -2.22. The van der Waals surface area contributed by atoms with Crippen molar-refractivity contribution in [3.63, 3.8) is 0 Å². The van der Waals surface area contributed by atoms with Crippen molar-refractivity contribution in [3.8, 4) is 11.5 Å². The number of alkyl halides is 2. The van der Waals surface area contributed by atoms with Gasteiger partial charge >= 0.3 is 12.6 Å². The second-order valence-electron chi connectivity index (χ2n) is 6.61. The predicted molar refractivity (Wildman–Crippen MR) is 99.2 cm³/mol. The van der Waals surface area contributed by atoms with Gasteiger partial charge in [0.15, 0.2) is 11.5 Å². The zero-order valence-corrected chi connectivity index (χ0v) is 15.9. The van der Waals surface area contributed by atoms with Crippen LogP contribution in [0.4, 0.5) is 19.3 Å². The number of halogens is 2. The van der Waals surface area contributed by atoms with Crippen molar-refractivity contribution in [2.24, 2.45) is 0 Å². The first-order valence-electron chi connectivity index (χ1n) is 8.66. The smallest absolute Gasteiger partial charge is 0.387 e. The highest BCUT2D eigenvalue weighted by molar-refractivity contribution is 6.07. The van der Waals surface area contributed by atoms with E-state index in [4.69, 9.17) is 4.74 Å². The van der Waals surface area contributed by atoms with Gasteiger partial charge in [0.2, 0.25) is 0 Å². The number of nitro groups is 1. The van der Waals surface area contributed by atoms with Gasteiger partial charge in [0.1, 0.15) is 5.54 Å². The van der Waals surface area contributed by atoms with Crippen molar-refractivity contribution in [1.29, 1.82) is 0 Å². The van der Waals surface area contributed by atoms with Gasteiger partial charge in [-0.1, -0.05) is 6.07 Å². The molecule has 1 heterocycles. The highest BCUT2D eigenvalue weighted by Gasteiger charge is 2.49. The van der Waals surface area contributed by atoms with Gasteiger partial charge in [0, 0.05) is 12.1 Å². The lowest BCUT2D eigenvalue weighted by molar-refractivity contribution is -0.384. The standard InChI is InChI=1S/C19H17F2N3O6/c1-19(12-4-6-13(7-5-12)24(27)28)16(25)23(18(26)22-19)10-11-3-8-14(30-17(20)21)15(9-11)29-2/h3-9,17H,10H2,1-2H3,(H,22,26). The molecule has 0 aliphatic carbocycles. The number of benzene rings is 2. The Morgan fingerprint density at radius 2 is 1.83 bits per heavy atom. The third kappa shape index (κ3) is 3.86. The number of amides is 3. The maximum Gasteiger partial charge on any atom is 0.387 e. The third-order valence-corrected chi connectivity index (χ3v) is 4.72. The average Bonchev–Trinajstić information content (AvgIpc) is 2.92. The number of imide groups is 1. The van der Waals surface area contributed by atoms with Crippen molar-refractivity contribution in [1.82, 2.24) is 10.2 Å². The summed E-state index contributed by atoms with van der Waals surface area (Å²) in [5, 5.41) is 13.4. The molecule has 1 N–H and O–H groups in total. The van der Waals surface area contributed by atoms with Gasteiger partial charge in [-0.15, -0.1) is 0 Å². The van der Waals surface area contributed by atoms with E-state index in [2.05, 4.69) is 10.1 Å². The number of rotatable bonds is 7. The molecule has 1 atom stereocenters. The van der Waals surface area contributed by atoms with Crippen molar-refractivity contribution in [2.75, 3.05) is 7.11 Å². The molecule has 3 amide bonds. The number of carbonyl (C=O) groups excluding carboxylic acids is 2. The van der Waals surface area contributed by atoms with Crippen LogP contribution in [0.5, 0.6) is 11.5 Å². The van der Waals surface area contributed by atoms with Crippen LogP contribution in [0.15, 0.2) is 42.5 Å². The van der Waals surface area contributed by atoms with Crippen molar-refractivity contribution in [2.45, 2.75) is 25.6 Å². The van der Waals surface area contributed by atoms with Crippen LogP contribution in [-0.2, 0) is 16.9 Å². The number of non-ortho nitro benzene ring substituents is 1. The molecule has 1 aliphatic rings. The molecule has 11 heteroatoms. The van der Waals surface area contributed by atoms with E-state index >= 15 is 0 Å². The van der Waals surface area contributed by atoms with Crippen LogP contribution in [0.1, 0.15) is 18.1 Å². The Hall–Kier alpha value is -3.76. The number of urea groups is 1. The molecule has 2 aromatic rings. The molecule has 0 spiro atoms. The van der Waals surface area contributed by atoms with E-state index in [0.29, 0.717) is 11.1 Å². The number of ether oxygens (including phenoxy) is 2. The fourth-order valence-corrected chi connectivity index (χ4v) is 3.14. The fraction of sp³-hybridized carbons (Fsp3) is 0.263. The van der Waals surface area contributed by atoms with Crippen LogP contribution < -0.4 is 14.8 Å². The molecule has 9 nitrogen and oxygen atoms in total. The summed E-state index contributed by atoms with van der Waals surface area (Å²) in [6.45, 7) is -1.68. The molecule has 0 saturated carbocycles. The molecule has 2 aromatic carbocycles. The van der Waals surface area contributed by atoms with Gasteiger partial charge in [0.05, 0.1) is 18.6 Å². The van der Waals surface area contributed by atoms with E-state index in [1.54, 1.807) is 0 Å². The van der Waals surface area contributed by atoms with Crippen LogP contribution in [0.2, 0.25) is 0 Å². The van der Waals surface area contributed by atoms with Gasteiger partial charge in [-0.05, 0) is 42.3 Å². The number of hydrogen-bond acceptors (Lipinski definition) is 6. The van der Waals surface area contributed by atoms with E-state index in [0.717, 1.165) is 4.90 Å². The number of hydrogen-bond donors (Lipinski definition) is 1. The summed E-state index contributed by atoms with van der Waals surface area (Å²) in [7, 11) is 1.27. The van der Waals surface area contributed by atoms with Crippen LogP contribution in [0, 0.1) is 10.1 Å². The second kappa shape index (κ2) is 7.93. The summed E-state index contributed by atoms with van der Waals surface area (Å²) >= 11 is 0. The second-order valence-corrected chi connectivity index (χ2v) is 6.61. The Bertz CT molecular complexity index is 998. The molecular weight excluding hydrogens is 404 g/mol. The first-order chi connectivity index (χ1) is 14.2. The van der Waals surface area contributed by atoms with Gasteiger partial charge in [-0.2, -0.15) is 8.78 Å². The average molecular weight is 421 g/mol. The minimum absolute atomic E-state index is 0.0259. The lowest BCUT2D eigenvalue weighted by Crippen LogP contribution is -2.40. The first kappa shape index (κ1) is 21.0. The number of methoxy groups -OCH3 is 1. The molecular formula is C19H17F2N3O6. The Labute approximate surface area is 169 Å². The van der Waals surface area contributed by atoms with E-state index in [-0.39, 0.29) is 23.7 Å². The maximum atomic E-state index is 13.0. The van der Waals surface area contributed by atoms with Crippen molar-refractivity contribution >= 4 is 17.6 Å². The van der Waals surface area contributed by atoms with Crippen LogP contribution in [0.3, 0.4) is 0 Å². The molecule has 158 valence electrons. The van der Waals surface area contributed by atoms with E-state index < -0.39 is 29.0 Å². The summed E-state index contributed by atoms with van der Waals surface area (Å²) in [4.78, 5) is 36.6. The molecule has 1 fully saturated rings. The topological polar surface area (TPSA) is 111 Å². The molecule has 3 rings (SSSR count). The SMILES string of the molecule is COc1cc(CN2C(=O)NC(C)(c3ccc([N+](=O)[O-])cc3)C2=O)ccc1OC(F)F. The van der Waals surface area contributed by atoms with Crippen LogP contribution >= 0.6 is 0 Å². The number of nitro benzene ring substituents is 1. The Morgan fingerprint density at radius 3 is 2.40 bits per heavy atom. The summed E-state index contributed by atoms with van der Waals surface area (Å²) in [5.41, 5.74) is -0.721. The summed E-state index contributed by atoms with van der Waals surface area (Å²) in [6.07, 6.45) is 0. The third-order valence-electron chi connectivity index (χ3n) is 4.72. The molecule has 30 heavy (non-hydrogen) atoms. The summed E-state index contributed by atoms with van der Waals surface area (Å²) in [5.74, 6) is -0.713. The lowest BCUT2D eigenvalue weighted by atomic mass is 9.92. The Kier molecular flexibility index (Phi) is 5.54. The molecule has 1 aliphatic heterocycles. The molecule has 0 bridgehead atoms. The zero-order valence-electron chi connectivity index (χ0n) is 15.9. The van der Waals surface area contributed by atoms with Gasteiger partial charge in [0.25, 0.3) is 11.6 Å². The predicted octanol–water partition coefficient (Wildman–Crippen LogP) is 3.17. The normalized spacial score (nSPS) is 18.5. The summed E-state index contributed by atoms with van der Waals surface area (Å²) in [6, 6.07) is 8.72. The minimum atomic E-state index is -3.03. The highest BCUT2D eigenvalue weighted by atomic mass is 19.3. The maximum absolute atomic E-state index is 13.0. The molecule has 0 radical (unpaired) electrons. The van der Waals surface area contributed by atoms with Crippen molar-refractivity contribution < 1.29 is 32.8 Å².